The number of nitrogens with zero attached hydrogens (tertiary/aromatic N) is 2. The van der Waals surface area contributed by atoms with E-state index in [1.54, 1.807) is 7.11 Å². The van der Waals surface area contributed by atoms with Crippen molar-refractivity contribution in [3.05, 3.63) is 65.2 Å². The van der Waals surface area contributed by atoms with E-state index >= 15 is 0 Å². The zero-order valence-corrected chi connectivity index (χ0v) is 18.2. The Labute approximate surface area is 180 Å². The number of hydrogen-bond acceptors (Lipinski definition) is 4. The smallest absolute Gasteiger partial charge is 0.241 e. The number of carbonyl (C=O) groups is 1. The molecule has 1 saturated heterocycles. The first-order valence-corrected chi connectivity index (χ1v) is 11.1. The first-order chi connectivity index (χ1) is 14.6. The molecule has 0 saturated carbocycles. The van der Waals surface area contributed by atoms with E-state index in [4.69, 9.17) is 4.74 Å². The minimum Gasteiger partial charge on any atom is -0.497 e. The first-order valence-electron chi connectivity index (χ1n) is 11.1. The molecule has 1 aliphatic carbocycles. The van der Waals surface area contributed by atoms with Crippen LogP contribution in [0.4, 0.5) is 0 Å². The van der Waals surface area contributed by atoms with Crippen molar-refractivity contribution in [1.82, 2.24) is 15.1 Å². The molecule has 1 aliphatic heterocycles. The zero-order valence-electron chi connectivity index (χ0n) is 18.2. The van der Waals surface area contributed by atoms with Crippen molar-refractivity contribution in [2.75, 3.05) is 46.4 Å². The molecule has 0 spiro atoms. The second-order valence-corrected chi connectivity index (χ2v) is 8.43. The molecule has 0 unspecified atom stereocenters. The van der Waals surface area contributed by atoms with Gasteiger partial charge in [0.25, 0.3) is 0 Å². The molecule has 2 aliphatic rings. The van der Waals surface area contributed by atoms with Gasteiger partial charge in [0.1, 0.15) is 11.3 Å². The monoisotopic (exact) mass is 407 g/mol. The Hall–Kier alpha value is -2.37. The highest BCUT2D eigenvalue weighted by Gasteiger charge is 2.48. The van der Waals surface area contributed by atoms with E-state index in [-0.39, 0.29) is 5.91 Å². The Balaban J connectivity index is 1.46. The van der Waals surface area contributed by atoms with Crippen LogP contribution in [0.3, 0.4) is 0 Å². The van der Waals surface area contributed by atoms with E-state index in [1.807, 2.05) is 18.2 Å². The predicted octanol–water partition coefficient (Wildman–Crippen LogP) is 2.53. The van der Waals surface area contributed by atoms with Crippen molar-refractivity contribution >= 4 is 5.91 Å². The van der Waals surface area contributed by atoms with E-state index in [9.17, 15) is 4.79 Å². The predicted molar refractivity (Wildman–Crippen MR) is 120 cm³/mol. The highest BCUT2D eigenvalue weighted by molar-refractivity contribution is 5.88. The van der Waals surface area contributed by atoms with Gasteiger partial charge in [-0.2, -0.15) is 0 Å². The zero-order chi connectivity index (χ0) is 21.0. The van der Waals surface area contributed by atoms with E-state index in [2.05, 4.69) is 52.4 Å². The molecule has 1 heterocycles. The normalized spacial score (nSPS) is 18.7. The van der Waals surface area contributed by atoms with Crippen LogP contribution in [0.5, 0.6) is 5.75 Å². The van der Waals surface area contributed by atoms with E-state index in [0.29, 0.717) is 6.54 Å². The molecule has 0 atom stereocenters. The molecular weight excluding hydrogens is 374 g/mol. The Morgan fingerprint density at radius 1 is 1.03 bits per heavy atom. The molecule has 0 radical (unpaired) electrons. The third-order valence-electron chi connectivity index (χ3n) is 6.77. The van der Waals surface area contributed by atoms with Gasteiger partial charge in [0.2, 0.25) is 5.91 Å². The lowest BCUT2D eigenvalue weighted by atomic mass is 9.90. The largest absolute Gasteiger partial charge is 0.497 e. The molecule has 1 N–H and O–H groups in total. The average Bonchev–Trinajstić information content (AvgIpc) is 3.20. The summed E-state index contributed by atoms with van der Waals surface area (Å²) in [4.78, 5) is 18.5. The molecule has 5 nitrogen and oxygen atoms in total. The average molecular weight is 408 g/mol. The maximum Gasteiger partial charge on any atom is 0.241 e. The lowest BCUT2D eigenvalue weighted by Gasteiger charge is -2.44. The van der Waals surface area contributed by atoms with Gasteiger partial charge in [-0.1, -0.05) is 43.3 Å². The number of likely N-dealkylation sites (N-methyl/N-ethyl adjacent to an activating group) is 1. The van der Waals surface area contributed by atoms with Crippen LogP contribution in [-0.2, 0) is 24.1 Å². The fourth-order valence-corrected chi connectivity index (χ4v) is 4.93. The number of ether oxygens (including phenoxy) is 1. The second-order valence-electron chi connectivity index (χ2n) is 8.43. The van der Waals surface area contributed by atoms with Gasteiger partial charge in [0.15, 0.2) is 0 Å². The quantitative estimate of drug-likeness (QED) is 0.766. The molecule has 0 aromatic heterocycles. The Morgan fingerprint density at radius 2 is 1.73 bits per heavy atom. The lowest BCUT2D eigenvalue weighted by Crippen LogP contribution is -2.64. The summed E-state index contributed by atoms with van der Waals surface area (Å²) in [6, 6.07) is 16.6. The van der Waals surface area contributed by atoms with Crippen LogP contribution in [0.2, 0.25) is 0 Å². The van der Waals surface area contributed by atoms with Gasteiger partial charge >= 0.3 is 0 Å². The van der Waals surface area contributed by atoms with Crippen molar-refractivity contribution in [3.8, 4) is 5.75 Å². The topological polar surface area (TPSA) is 44.8 Å². The molecule has 4 rings (SSSR count). The van der Waals surface area contributed by atoms with Gasteiger partial charge in [-0.25, -0.2) is 0 Å². The third kappa shape index (κ3) is 4.23. The van der Waals surface area contributed by atoms with Crippen LogP contribution < -0.4 is 10.1 Å². The molecule has 1 fully saturated rings. The summed E-state index contributed by atoms with van der Waals surface area (Å²) in [5, 5.41) is 3.27. The van der Waals surface area contributed by atoms with E-state index < -0.39 is 5.54 Å². The van der Waals surface area contributed by atoms with E-state index in [1.165, 1.54) is 16.7 Å². The number of piperazine rings is 1. The van der Waals surface area contributed by atoms with Gasteiger partial charge in [0.05, 0.1) is 7.11 Å². The minimum absolute atomic E-state index is 0.173. The molecule has 30 heavy (non-hydrogen) atoms. The standard InChI is InChI=1S/C25H33N3O2/c1-3-27-13-15-28(16-14-27)25(18-21-8-4-5-9-22(21)19-25)24(29)26-12-11-20-7-6-10-23(17-20)30-2/h4-10,17H,3,11-16,18-19H2,1-2H3,(H,26,29). The Kier molecular flexibility index (Phi) is 6.40. The summed E-state index contributed by atoms with van der Waals surface area (Å²) < 4.78 is 5.31. The van der Waals surface area contributed by atoms with Crippen molar-refractivity contribution in [2.24, 2.45) is 0 Å². The fourth-order valence-electron chi connectivity index (χ4n) is 4.93. The van der Waals surface area contributed by atoms with E-state index in [0.717, 1.165) is 57.7 Å². The lowest BCUT2D eigenvalue weighted by molar-refractivity contribution is -0.134. The van der Waals surface area contributed by atoms with Crippen LogP contribution in [0.25, 0.3) is 0 Å². The van der Waals surface area contributed by atoms with Gasteiger partial charge in [0, 0.05) is 45.6 Å². The number of fused-ring (bicyclic) bond motifs is 1. The summed E-state index contributed by atoms with van der Waals surface area (Å²) in [5.74, 6) is 1.03. The van der Waals surface area contributed by atoms with Crippen molar-refractivity contribution in [1.29, 1.82) is 0 Å². The molecule has 5 heteroatoms. The van der Waals surface area contributed by atoms with Gasteiger partial charge < -0.3 is 15.0 Å². The van der Waals surface area contributed by atoms with Gasteiger partial charge in [-0.05, 0) is 41.8 Å². The minimum atomic E-state index is -0.460. The molecule has 1 amide bonds. The van der Waals surface area contributed by atoms with Crippen molar-refractivity contribution < 1.29 is 9.53 Å². The summed E-state index contributed by atoms with van der Waals surface area (Å²) in [7, 11) is 1.68. The van der Waals surface area contributed by atoms with Crippen LogP contribution in [0.15, 0.2) is 48.5 Å². The number of rotatable bonds is 7. The van der Waals surface area contributed by atoms with Crippen LogP contribution in [0, 0.1) is 0 Å². The van der Waals surface area contributed by atoms with Crippen LogP contribution in [-0.4, -0.2) is 67.6 Å². The Bertz CT molecular complexity index is 849. The van der Waals surface area contributed by atoms with Gasteiger partial charge in [-0.15, -0.1) is 0 Å². The summed E-state index contributed by atoms with van der Waals surface area (Å²) in [5.41, 5.74) is 3.35. The fraction of sp³-hybridized carbons (Fsp3) is 0.480. The molecule has 2 aromatic carbocycles. The number of nitrogens with one attached hydrogen (secondary N) is 1. The highest BCUT2D eigenvalue weighted by Crippen LogP contribution is 2.35. The number of amides is 1. The maximum absolute atomic E-state index is 13.6. The van der Waals surface area contributed by atoms with Crippen LogP contribution in [0.1, 0.15) is 23.6 Å². The summed E-state index contributed by atoms with van der Waals surface area (Å²) in [6.07, 6.45) is 2.41. The SMILES string of the molecule is CCN1CCN(C2(C(=O)NCCc3cccc(OC)c3)Cc3ccccc3C2)CC1. The number of methoxy groups -OCH3 is 1. The highest BCUT2D eigenvalue weighted by atomic mass is 16.5. The molecular formula is C25H33N3O2. The second kappa shape index (κ2) is 9.19. The molecule has 2 aromatic rings. The third-order valence-corrected chi connectivity index (χ3v) is 6.77. The number of hydrogen-bond donors (Lipinski definition) is 1. The molecule has 160 valence electrons. The van der Waals surface area contributed by atoms with Crippen molar-refractivity contribution in [3.63, 3.8) is 0 Å². The molecule has 0 bridgehead atoms. The maximum atomic E-state index is 13.6. The number of benzene rings is 2. The van der Waals surface area contributed by atoms with Crippen molar-refractivity contribution in [2.45, 2.75) is 31.7 Å². The first kappa shape index (κ1) is 20.9. The summed E-state index contributed by atoms with van der Waals surface area (Å²) in [6.45, 7) is 7.89. The number of carbonyl (C=O) groups excluding carboxylic acids is 1. The summed E-state index contributed by atoms with van der Waals surface area (Å²) >= 11 is 0. The van der Waals surface area contributed by atoms with Gasteiger partial charge in [-0.3, -0.25) is 9.69 Å². The Morgan fingerprint density at radius 3 is 2.37 bits per heavy atom. The van der Waals surface area contributed by atoms with Crippen LogP contribution >= 0.6 is 0 Å².